The number of aryl methyl sites for hydroxylation is 2. The van der Waals surface area contributed by atoms with Gasteiger partial charge in [-0.25, -0.2) is 0 Å². The highest BCUT2D eigenvalue weighted by Gasteiger charge is 2.27. The van der Waals surface area contributed by atoms with E-state index < -0.39 is 0 Å². The SMILES string of the molecule is CCCc1cc(C)c2c3c(cc(O)c2c1)[C-](C)CC3C(C)Cl. The first-order chi connectivity index (χ1) is 10.4. The molecule has 0 radical (unpaired) electrons. The molecule has 1 N–H and O–H groups in total. The summed E-state index contributed by atoms with van der Waals surface area (Å²) >= 11 is 6.47. The fourth-order valence-corrected chi connectivity index (χ4v) is 4.17. The number of rotatable bonds is 3. The van der Waals surface area contributed by atoms with Crippen LogP contribution in [0.5, 0.6) is 5.75 Å². The van der Waals surface area contributed by atoms with Gasteiger partial charge in [0.1, 0.15) is 0 Å². The van der Waals surface area contributed by atoms with Gasteiger partial charge in [-0.15, -0.1) is 23.2 Å². The van der Waals surface area contributed by atoms with E-state index in [0.717, 1.165) is 24.6 Å². The molecule has 0 aliphatic heterocycles. The minimum atomic E-state index is 0.0960. The summed E-state index contributed by atoms with van der Waals surface area (Å²) in [4.78, 5) is 0. The Labute approximate surface area is 138 Å². The smallest absolute Gasteiger partial charge is 0.0684 e. The molecule has 2 aromatic carbocycles. The highest BCUT2D eigenvalue weighted by molar-refractivity contribution is 6.21. The van der Waals surface area contributed by atoms with E-state index in [1.54, 1.807) is 0 Å². The quantitative estimate of drug-likeness (QED) is 0.555. The van der Waals surface area contributed by atoms with Crippen LogP contribution >= 0.6 is 11.6 Å². The molecule has 118 valence electrons. The number of hydrogen-bond donors (Lipinski definition) is 1. The van der Waals surface area contributed by atoms with Crippen molar-refractivity contribution in [2.75, 3.05) is 0 Å². The first-order valence-corrected chi connectivity index (χ1v) is 8.63. The molecule has 1 aliphatic rings. The highest BCUT2D eigenvalue weighted by atomic mass is 35.5. The molecule has 0 aromatic heterocycles. The van der Waals surface area contributed by atoms with Crippen molar-refractivity contribution in [2.45, 2.75) is 58.3 Å². The van der Waals surface area contributed by atoms with Crippen LogP contribution in [0.15, 0.2) is 18.2 Å². The molecule has 1 nitrogen and oxygen atoms in total. The average Bonchev–Trinajstić information content (AvgIpc) is 2.77. The fraction of sp³-hybridized carbons (Fsp3) is 0.450. The zero-order valence-electron chi connectivity index (χ0n) is 13.8. The molecular formula is C20H24ClO-. The van der Waals surface area contributed by atoms with E-state index in [1.807, 2.05) is 6.07 Å². The van der Waals surface area contributed by atoms with Crippen molar-refractivity contribution in [3.63, 3.8) is 0 Å². The molecule has 2 atom stereocenters. The Morgan fingerprint density at radius 3 is 2.73 bits per heavy atom. The predicted molar refractivity (Wildman–Crippen MR) is 95.0 cm³/mol. The molecule has 0 amide bonds. The Balaban J connectivity index is 2.33. The van der Waals surface area contributed by atoms with Crippen LogP contribution in [0, 0.1) is 12.8 Å². The van der Waals surface area contributed by atoms with Gasteiger partial charge in [0.25, 0.3) is 0 Å². The second-order valence-electron chi connectivity index (χ2n) is 6.71. The van der Waals surface area contributed by atoms with Crippen molar-refractivity contribution >= 4 is 22.4 Å². The van der Waals surface area contributed by atoms with Crippen LogP contribution in [-0.2, 0) is 6.42 Å². The van der Waals surface area contributed by atoms with Gasteiger partial charge in [0.05, 0.1) is 5.75 Å². The van der Waals surface area contributed by atoms with E-state index in [9.17, 15) is 5.11 Å². The number of phenolic OH excluding ortho intramolecular Hbond substituents is 1. The molecule has 2 aromatic rings. The molecule has 3 rings (SSSR count). The first-order valence-electron chi connectivity index (χ1n) is 8.20. The van der Waals surface area contributed by atoms with Crippen molar-refractivity contribution in [3.8, 4) is 5.75 Å². The van der Waals surface area contributed by atoms with Crippen molar-refractivity contribution < 1.29 is 5.11 Å². The molecule has 0 spiro atoms. The number of aromatic hydroxyl groups is 1. The number of hydrogen-bond acceptors (Lipinski definition) is 1. The number of benzene rings is 2. The van der Waals surface area contributed by atoms with Crippen molar-refractivity contribution in [3.05, 3.63) is 46.4 Å². The van der Waals surface area contributed by atoms with E-state index >= 15 is 0 Å². The van der Waals surface area contributed by atoms with Gasteiger partial charge in [-0.05, 0) is 37.3 Å². The topological polar surface area (TPSA) is 20.2 Å². The van der Waals surface area contributed by atoms with E-state index in [-0.39, 0.29) is 5.38 Å². The maximum absolute atomic E-state index is 10.5. The zero-order valence-corrected chi connectivity index (χ0v) is 14.6. The maximum Gasteiger partial charge on any atom is 0.0684 e. The standard InChI is InChI=1S/C20H24ClO/c1-5-6-14-7-12(3)19-17(9-14)18(22)10-15-11(2)8-16(13(4)21)20(15)19/h7,9-10,13,16,22H,5-6,8H2,1-4H3/q-1. The Hall–Kier alpha value is -1.34. The van der Waals surface area contributed by atoms with Gasteiger partial charge in [0.15, 0.2) is 0 Å². The van der Waals surface area contributed by atoms with E-state index in [0.29, 0.717) is 11.7 Å². The molecule has 0 heterocycles. The number of fused-ring (bicyclic) bond motifs is 3. The maximum atomic E-state index is 10.5. The van der Waals surface area contributed by atoms with E-state index in [1.165, 1.54) is 33.6 Å². The molecule has 2 unspecified atom stereocenters. The minimum absolute atomic E-state index is 0.0960. The Bertz CT molecular complexity index is 717. The minimum Gasteiger partial charge on any atom is -0.520 e. The van der Waals surface area contributed by atoms with Gasteiger partial charge in [0, 0.05) is 5.38 Å². The van der Waals surface area contributed by atoms with E-state index in [4.69, 9.17) is 11.6 Å². The van der Waals surface area contributed by atoms with Crippen molar-refractivity contribution in [2.24, 2.45) is 0 Å². The molecule has 0 saturated heterocycles. The number of halogens is 1. The van der Waals surface area contributed by atoms with Gasteiger partial charge < -0.3 is 5.11 Å². The van der Waals surface area contributed by atoms with Crippen LogP contribution in [0.4, 0.5) is 0 Å². The molecule has 22 heavy (non-hydrogen) atoms. The fourth-order valence-electron chi connectivity index (χ4n) is 3.95. The van der Waals surface area contributed by atoms with Gasteiger partial charge in [-0.2, -0.15) is 11.5 Å². The highest BCUT2D eigenvalue weighted by Crippen LogP contribution is 2.50. The monoisotopic (exact) mass is 315 g/mol. The first kappa shape index (κ1) is 15.6. The average molecular weight is 316 g/mol. The van der Waals surface area contributed by atoms with Crippen LogP contribution in [-0.4, -0.2) is 10.5 Å². The summed E-state index contributed by atoms with van der Waals surface area (Å²) in [7, 11) is 0. The summed E-state index contributed by atoms with van der Waals surface area (Å²) in [5, 5.41) is 12.8. The second-order valence-corrected chi connectivity index (χ2v) is 7.40. The third kappa shape index (κ3) is 2.36. The largest absolute Gasteiger partial charge is 0.520 e. The lowest BCUT2D eigenvalue weighted by Gasteiger charge is -2.25. The summed E-state index contributed by atoms with van der Waals surface area (Å²) in [6.07, 6.45) is 3.16. The predicted octanol–water partition coefficient (Wildman–Crippen LogP) is 5.86. The second kappa shape index (κ2) is 5.70. The van der Waals surface area contributed by atoms with Gasteiger partial charge in [-0.1, -0.05) is 49.6 Å². The summed E-state index contributed by atoms with van der Waals surface area (Å²) in [6, 6.07) is 6.38. The van der Waals surface area contributed by atoms with Crippen LogP contribution in [0.1, 0.15) is 61.8 Å². The van der Waals surface area contributed by atoms with Crippen molar-refractivity contribution in [1.82, 2.24) is 0 Å². The molecule has 0 fully saturated rings. The Morgan fingerprint density at radius 1 is 1.36 bits per heavy atom. The molecular weight excluding hydrogens is 292 g/mol. The number of alkyl halides is 1. The molecule has 2 heteroatoms. The Kier molecular flexibility index (Phi) is 4.03. The number of phenols is 1. The third-order valence-electron chi connectivity index (χ3n) is 4.96. The summed E-state index contributed by atoms with van der Waals surface area (Å²) in [5.74, 6) is 2.08. The summed E-state index contributed by atoms with van der Waals surface area (Å²) < 4.78 is 0. The lowest BCUT2D eigenvalue weighted by molar-refractivity contribution is 0.481. The van der Waals surface area contributed by atoms with Crippen LogP contribution in [0.2, 0.25) is 0 Å². The van der Waals surface area contributed by atoms with Gasteiger partial charge in [-0.3, -0.25) is 0 Å². The zero-order chi connectivity index (χ0) is 16.0. The summed E-state index contributed by atoms with van der Waals surface area (Å²) in [6.45, 7) is 8.58. The third-order valence-corrected chi connectivity index (χ3v) is 5.27. The van der Waals surface area contributed by atoms with E-state index in [2.05, 4.69) is 39.8 Å². The Morgan fingerprint density at radius 2 is 2.09 bits per heavy atom. The van der Waals surface area contributed by atoms with Gasteiger partial charge >= 0.3 is 0 Å². The van der Waals surface area contributed by atoms with Crippen molar-refractivity contribution in [1.29, 1.82) is 0 Å². The molecule has 0 saturated carbocycles. The lowest BCUT2D eigenvalue weighted by Crippen LogP contribution is -2.07. The van der Waals surface area contributed by atoms with Crippen LogP contribution in [0.3, 0.4) is 0 Å². The lowest BCUT2D eigenvalue weighted by atomic mass is 9.88. The molecule has 0 bridgehead atoms. The normalized spacial score (nSPS) is 18.8. The molecule has 1 aliphatic carbocycles. The summed E-state index contributed by atoms with van der Waals surface area (Å²) in [5.41, 5.74) is 5.10. The van der Waals surface area contributed by atoms with Crippen LogP contribution < -0.4 is 0 Å². The van der Waals surface area contributed by atoms with Gasteiger partial charge in [0.2, 0.25) is 0 Å². The van der Waals surface area contributed by atoms with Crippen LogP contribution in [0.25, 0.3) is 10.8 Å².